The molecular formula is C29H33N5O4. The number of benzene rings is 3. The number of hydrogen-bond acceptors (Lipinski definition) is 6. The van der Waals surface area contributed by atoms with Crippen LogP contribution in [0.2, 0.25) is 0 Å². The minimum atomic E-state index is -1.04. The lowest BCUT2D eigenvalue weighted by Gasteiger charge is -2.14. The summed E-state index contributed by atoms with van der Waals surface area (Å²) < 4.78 is 0. The van der Waals surface area contributed by atoms with Gasteiger partial charge < -0.3 is 21.7 Å². The molecule has 0 aliphatic heterocycles. The van der Waals surface area contributed by atoms with Crippen LogP contribution in [0, 0.1) is 11.8 Å². The zero-order valence-electron chi connectivity index (χ0n) is 20.3. The molecule has 0 aromatic heterocycles. The molecule has 0 heterocycles. The third-order valence-electron chi connectivity index (χ3n) is 5.50. The largest absolute Gasteiger partial charge is 0.339 e. The Kier molecular flexibility index (Phi) is 11.7. The lowest BCUT2D eigenvalue weighted by atomic mass is 10.1. The lowest BCUT2D eigenvalue weighted by molar-refractivity contribution is -0.130. The molecule has 3 aromatic carbocycles. The molecule has 0 aliphatic carbocycles. The predicted molar refractivity (Wildman–Crippen MR) is 147 cm³/mol. The van der Waals surface area contributed by atoms with E-state index in [2.05, 4.69) is 27.8 Å². The Balaban J connectivity index is 0.00000507. The van der Waals surface area contributed by atoms with Crippen molar-refractivity contribution in [3.8, 4) is 11.8 Å². The molecule has 9 heteroatoms. The van der Waals surface area contributed by atoms with Gasteiger partial charge in [0.25, 0.3) is 11.8 Å². The molecule has 198 valence electrons. The van der Waals surface area contributed by atoms with E-state index in [0.717, 1.165) is 11.1 Å². The molecule has 0 bridgehead atoms. The maximum Gasteiger partial charge on any atom is 0.267 e. The number of hydroxylamine groups is 1. The van der Waals surface area contributed by atoms with Crippen LogP contribution in [0.1, 0.15) is 47.4 Å². The standard InChI is InChI=1S/C28H29N5O4.CH4/c1-19(22-5-3-2-4-6-22)30-18-26(34)31-24-15-11-21(12-16-24)8-7-20-9-13-23(14-10-20)27(35)32-25(17-29)28(36)33-37;/h2-6,9-16,19,25,30,37H,17-18,29H2,1H3,(H,31,34)(H,32,35)(H,33,36);1H4/t19-,25-;/m0./s1. The molecule has 3 aromatic rings. The van der Waals surface area contributed by atoms with E-state index < -0.39 is 17.9 Å². The molecule has 3 amide bonds. The maximum absolute atomic E-state index is 12.3. The molecule has 0 saturated heterocycles. The van der Waals surface area contributed by atoms with E-state index in [1.165, 1.54) is 5.48 Å². The highest BCUT2D eigenvalue weighted by atomic mass is 16.5. The van der Waals surface area contributed by atoms with Gasteiger partial charge in [0, 0.05) is 35.0 Å². The molecule has 0 unspecified atom stereocenters. The van der Waals surface area contributed by atoms with Crippen LogP contribution in [0.25, 0.3) is 0 Å². The van der Waals surface area contributed by atoms with Crippen LogP contribution in [-0.4, -0.2) is 42.1 Å². The van der Waals surface area contributed by atoms with Gasteiger partial charge in [0.1, 0.15) is 6.04 Å². The van der Waals surface area contributed by atoms with E-state index in [1.54, 1.807) is 36.4 Å². The summed E-state index contributed by atoms with van der Waals surface area (Å²) in [5.41, 5.74) is 10.5. The molecule has 9 nitrogen and oxygen atoms in total. The van der Waals surface area contributed by atoms with Crippen molar-refractivity contribution in [1.29, 1.82) is 0 Å². The molecule has 2 atom stereocenters. The number of nitrogens with one attached hydrogen (secondary N) is 4. The molecule has 0 aliphatic rings. The van der Waals surface area contributed by atoms with E-state index in [4.69, 9.17) is 10.9 Å². The van der Waals surface area contributed by atoms with E-state index in [-0.39, 0.29) is 32.5 Å². The quantitative estimate of drug-likeness (QED) is 0.147. The second-order valence-electron chi connectivity index (χ2n) is 8.20. The van der Waals surface area contributed by atoms with E-state index in [0.29, 0.717) is 16.8 Å². The Hall–Kier alpha value is -4.49. The lowest BCUT2D eigenvalue weighted by Crippen LogP contribution is -2.50. The van der Waals surface area contributed by atoms with Gasteiger partial charge in [0.2, 0.25) is 5.91 Å². The highest BCUT2D eigenvalue weighted by molar-refractivity contribution is 5.97. The third kappa shape index (κ3) is 8.87. The SMILES string of the molecule is C.C[C@H](NCC(=O)Nc1ccc(C#Cc2ccc(C(=O)N[C@@H](CN)C(=O)NO)cc2)cc1)c1ccccc1. The molecule has 0 radical (unpaired) electrons. The van der Waals surface area contributed by atoms with Crippen molar-refractivity contribution in [3.63, 3.8) is 0 Å². The van der Waals surface area contributed by atoms with Crippen LogP contribution in [0.3, 0.4) is 0 Å². The number of rotatable bonds is 9. The first-order valence-corrected chi connectivity index (χ1v) is 11.6. The first kappa shape index (κ1) is 29.7. The minimum absolute atomic E-state index is 0. The second-order valence-corrected chi connectivity index (χ2v) is 8.20. The monoisotopic (exact) mass is 515 g/mol. The van der Waals surface area contributed by atoms with E-state index >= 15 is 0 Å². The van der Waals surface area contributed by atoms with Crippen LogP contribution in [0.4, 0.5) is 5.69 Å². The first-order chi connectivity index (χ1) is 17.9. The Labute approximate surface area is 222 Å². The van der Waals surface area contributed by atoms with Crippen molar-refractivity contribution in [1.82, 2.24) is 16.1 Å². The highest BCUT2D eigenvalue weighted by Gasteiger charge is 2.19. The second kappa shape index (κ2) is 14.9. The van der Waals surface area contributed by atoms with Gasteiger partial charge in [-0.2, -0.15) is 0 Å². The van der Waals surface area contributed by atoms with Crippen molar-refractivity contribution >= 4 is 23.4 Å². The van der Waals surface area contributed by atoms with Gasteiger partial charge in [-0.05, 0) is 61.0 Å². The van der Waals surface area contributed by atoms with Crippen molar-refractivity contribution in [2.75, 3.05) is 18.4 Å². The summed E-state index contributed by atoms with van der Waals surface area (Å²) in [6, 6.07) is 22.6. The number of carbonyl (C=O) groups is 3. The average Bonchev–Trinajstić information content (AvgIpc) is 2.94. The predicted octanol–water partition coefficient (Wildman–Crippen LogP) is 2.57. The molecule has 0 fully saturated rings. The maximum atomic E-state index is 12.3. The average molecular weight is 516 g/mol. The zero-order valence-corrected chi connectivity index (χ0v) is 20.3. The fourth-order valence-corrected chi connectivity index (χ4v) is 3.35. The van der Waals surface area contributed by atoms with Gasteiger partial charge in [-0.25, -0.2) is 5.48 Å². The fraction of sp³-hybridized carbons (Fsp3) is 0.207. The van der Waals surface area contributed by atoms with Gasteiger partial charge in [0.15, 0.2) is 0 Å². The molecule has 0 saturated carbocycles. The Morgan fingerprint density at radius 1 is 0.895 bits per heavy atom. The summed E-state index contributed by atoms with van der Waals surface area (Å²) in [5, 5.41) is 17.2. The van der Waals surface area contributed by atoms with Gasteiger partial charge in [0.05, 0.1) is 6.54 Å². The minimum Gasteiger partial charge on any atom is -0.339 e. The summed E-state index contributed by atoms with van der Waals surface area (Å²) in [5.74, 6) is 4.63. The van der Waals surface area contributed by atoms with Crippen molar-refractivity contribution < 1.29 is 19.6 Å². The smallest absolute Gasteiger partial charge is 0.267 e. The Morgan fingerprint density at radius 2 is 1.47 bits per heavy atom. The van der Waals surface area contributed by atoms with Crippen molar-refractivity contribution in [2.24, 2.45) is 5.73 Å². The summed E-state index contributed by atoms with van der Waals surface area (Å²) in [4.78, 5) is 36.0. The molecule has 0 spiro atoms. The normalized spacial score (nSPS) is 11.6. The first-order valence-electron chi connectivity index (χ1n) is 11.6. The molecule has 38 heavy (non-hydrogen) atoms. The molecular weight excluding hydrogens is 482 g/mol. The van der Waals surface area contributed by atoms with Gasteiger partial charge in [-0.1, -0.05) is 49.6 Å². The van der Waals surface area contributed by atoms with Gasteiger partial charge in [-0.15, -0.1) is 0 Å². The summed E-state index contributed by atoms with van der Waals surface area (Å²) in [7, 11) is 0. The van der Waals surface area contributed by atoms with Crippen LogP contribution >= 0.6 is 0 Å². The van der Waals surface area contributed by atoms with Gasteiger partial charge >= 0.3 is 0 Å². The Morgan fingerprint density at radius 3 is 2.03 bits per heavy atom. The summed E-state index contributed by atoms with van der Waals surface area (Å²) in [6.45, 7) is 2.04. The molecule has 7 N–H and O–H groups in total. The van der Waals surface area contributed by atoms with E-state index in [9.17, 15) is 14.4 Å². The zero-order chi connectivity index (χ0) is 26.6. The van der Waals surface area contributed by atoms with Crippen molar-refractivity contribution in [2.45, 2.75) is 26.4 Å². The van der Waals surface area contributed by atoms with Crippen LogP contribution < -0.4 is 27.2 Å². The Bertz CT molecular complexity index is 1270. The number of hydrogen-bond donors (Lipinski definition) is 6. The third-order valence-corrected chi connectivity index (χ3v) is 5.50. The highest BCUT2D eigenvalue weighted by Crippen LogP contribution is 2.12. The topological polar surface area (TPSA) is 146 Å². The van der Waals surface area contributed by atoms with Crippen LogP contribution in [0.5, 0.6) is 0 Å². The summed E-state index contributed by atoms with van der Waals surface area (Å²) in [6.07, 6.45) is 0. The van der Waals surface area contributed by atoms with Crippen molar-refractivity contribution in [3.05, 3.63) is 101 Å². The fourth-order valence-electron chi connectivity index (χ4n) is 3.35. The van der Waals surface area contributed by atoms with Gasteiger partial charge in [-0.3, -0.25) is 19.6 Å². The summed E-state index contributed by atoms with van der Waals surface area (Å²) >= 11 is 0. The number of carbonyl (C=O) groups excluding carboxylic acids is 3. The van der Waals surface area contributed by atoms with E-state index in [1.807, 2.05) is 49.4 Å². The number of amides is 3. The van der Waals surface area contributed by atoms with Crippen LogP contribution in [-0.2, 0) is 9.59 Å². The number of nitrogens with two attached hydrogens (primary N) is 1. The molecule has 3 rings (SSSR count). The number of anilines is 1. The van der Waals surface area contributed by atoms with Crippen LogP contribution in [0.15, 0.2) is 78.9 Å².